The summed E-state index contributed by atoms with van der Waals surface area (Å²) in [5, 5.41) is 13.5. The molecule has 0 spiro atoms. The Bertz CT molecular complexity index is 666. The van der Waals surface area contributed by atoms with Gasteiger partial charge in [0.1, 0.15) is 5.75 Å². The van der Waals surface area contributed by atoms with E-state index in [0.29, 0.717) is 12.0 Å². The molecule has 0 aliphatic rings. The third-order valence-electron chi connectivity index (χ3n) is 2.95. The van der Waals surface area contributed by atoms with Crippen LogP contribution in [-0.2, 0) is 0 Å². The highest BCUT2D eigenvalue weighted by atomic mass is 79.9. The Hall–Kier alpha value is -2.14. The van der Waals surface area contributed by atoms with E-state index in [9.17, 15) is 9.90 Å². The first-order valence-electron chi connectivity index (χ1n) is 6.52. The first kappa shape index (κ1) is 15.3. The fourth-order valence-corrected chi connectivity index (χ4v) is 2.29. The first-order valence-corrected chi connectivity index (χ1v) is 7.32. The van der Waals surface area contributed by atoms with Gasteiger partial charge in [-0.3, -0.25) is 4.79 Å². The van der Waals surface area contributed by atoms with Crippen LogP contribution in [0, 0.1) is 0 Å². The summed E-state index contributed by atoms with van der Waals surface area (Å²) in [6, 6.07) is 13.9. The second-order valence-electron chi connectivity index (χ2n) is 4.38. The van der Waals surface area contributed by atoms with Crippen LogP contribution in [0.5, 0.6) is 5.75 Å². The highest BCUT2D eigenvalue weighted by Crippen LogP contribution is 2.16. The number of nitrogens with zero attached hydrogens (tertiary/aromatic N) is 1. The summed E-state index contributed by atoms with van der Waals surface area (Å²) in [4.78, 5) is 12.1. The third-order valence-corrected chi connectivity index (χ3v) is 3.64. The van der Waals surface area contributed by atoms with Crippen LogP contribution < -0.4 is 5.43 Å². The van der Waals surface area contributed by atoms with E-state index in [1.165, 1.54) is 0 Å². The minimum Gasteiger partial charge on any atom is -0.508 e. The van der Waals surface area contributed by atoms with Crippen LogP contribution in [0.15, 0.2) is 58.1 Å². The SMILES string of the molecule is CCC(=NNC(=O)c1ccccc1Br)c1ccc(O)cc1. The molecule has 108 valence electrons. The van der Waals surface area contributed by atoms with Crippen LogP contribution in [0.25, 0.3) is 0 Å². The Morgan fingerprint density at radius 2 is 1.86 bits per heavy atom. The van der Waals surface area contributed by atoms with Gasteiger partial charge in [0.25, 0.3) is 5.91 Å². The predicted molar refractivity (Wildman–Crippen MR) is 86.5 cm³/mol. The molecule has 2 aromatic carbocycles. The van der Waals surface area contributed by atoms with E-state index in [4.69, 9.17) is 0 Å². The lowest BCUT2D eigenvalue weighted by molar-refractivity contribution is 0.0954. The smallest absolute Gasteiger partial charge is 0.272 e. The lowest BCUT2D eigenvalue weighted by atomic mass is 10.1. The van der Waals surface area contributed by atoms with Gasteiger partial charge in [-0.1, -0.05) is 19.1 Å². The number of phenols is 1. The molecule has 2 N–H and O–H groups in total. The topological polar surface area (TPSA) is 61.7 Å². The summed E-state index contributed by atoms with van der Waals surface area (Å²) < 4.78 is 0.723. The van der Waals surface area contributed by atoms with E-state index in [0.717, 1.165) is 15.7 Å². The summed E-state index contributed by atoms with van der Waals surface area (Å²) in [6.07, 6.45) is 0.668. The number of amides is 1. The molecule has 2 rings (SSSR count). The van der Waals surface area contributed by atoms with Crippen LogP contribution in [0.2, 0.25) is 0 Å². The predicted octanol–water partition coefficient (Wildman–Crippen LogP) is 3.70. The largest absolute Gasteiger partial charge is 0.508 e. The summed E-state index contributed by atoms with van der Waals surface area (Å²) >= 11 is 3.34. The standard InChI is InChI=1S/C16H15BrN2O2/c1-2-15(11-7-9-12(20)10-8-11)18-19-16(21)13-5-3-4-6-14(13)17/h3-10,20H,2H2,1H3,(H,19,21). The minimum atomic E-state index is -0.271. The van der Waals surface area contributed by atoms with E-state index in [1.807, 2.05) is 13.0 Å². The van der Waals surface area contributed by atoms with E-state index in [-0.39, 0.29) is 11.7 Å². The zero-order valence-electron chi connectivity index (χ0n) is 11.5. The molecular formula is C16H15BrN2O2. The van der Waals surface area contributed by atoms with Gasteiger partial charge in [0.15, 0.2) is 0 Å². The fraction of sp³-hybridized carbons (Fsp3) is 0.125. The number of halogens is 1. The van der Waals surface area contributed by atoms with Gasteiger partial charge in [-0.15, -0.1) is 0 Å². The van der Waals surface area contributed by atoms with Gasteiger partial charge in [0.05, 0.1) is 11.3 Å². The van der Waals surface area contributed by atoms with Crippen LogP contribution in [0.4, 0.5) is 0 Å². The van der Waals surface area contributed by atoms with Crippen molar-refractivity contribution >= 4 is 27.5 Å². The number of aromatic hydroxyl groups is 1. The second-order valence-corrected chi connectivity index (χ2v) is 5.23. The maximum atomic E-state index is 12.1. The van der Waals surface area contributed by atoms with Crippen molar-refractivity contribution in [1.82, 2.24) is 5.43 Å². The lowest BCUT2D eigenvalue weighted by Crippen LogP contribution is -2.20. The summed E-state index contributed by atoms with van der Waals surface area (Å²) in [5.74, 6) is -0.0707. The zero-order chi connectivity index (χ0) is 15.2. The molecule has 0 atom stereocenters. The molecule has 0 fully saturated rings. The average molecular weight is 347 g/mol. The molecule has 1 amide bonds. The highest BCUT2D eigenvalue weighted by molar-refractivity contribution is 9.10. The highest BCUT2D eigenvalue weighted by Gasteiger charge is 2.09. The number of hydrazone groups is 1. The molecule has 21 heavy (non-hydrogen) atoms. The molecule has 2 aromatic rings. The van der Waals surface area contributed by atoms with Gasteiger partial charge in [0.2, 0.25) is 0 Å². The van der Waals surface area contributed by atoms with Crippen LogP contribution in [0.3, 0.4) is 0 Å². The molecule has 0 saturated heterocycles. The summed E-state index contributed by atoms with van der Waals surface area (Å²) in [6.45, 7) is 1.95. The van der Waals surface area contributed by atoms with Crippen molar-refractivity contribution in [2.45, 2.75) is 13.3 Å². The van der Waals surface area contributed by atoms with Crippen molar-refractivity contribution in [3.63, 3.8) is 0 Å². The fourth-order valence-electron chi connectivity index (χ4n) is 1.83. The number of carbonyl (C=O) groups is 1. The first-order chi connectivity index (χ1) is 10.1. The van der Waals surface area contributed by atoms with E-state index >= 15 is 0 Å². The third kappa shape index (κ3) is 3.92. The molecular weight excluding hydrogens is 332 g/mol. The number of carbonyl (C=O) groups excluding carboxylic acids is 1. The van der Waals surface area contributed by atoms with Crippen molar-refractivity contribution in [3.8, 4) is 5.75 Å². The molecule has 0 aromatic heterocycles. The Morgan fingerprint density at radius 3 is 2.48 bits per heavy atom. The average Bonchev–Trinajstić information content (AvgIpc) is 2.49. The molecule has 0 aliphatic carbocycles. The number of benzene rings is 2. The van der Waals surface area contributed by atoms with Gasteiger partial charge < -0.3 is 5.11 Å². The molecule has 0 unspecified atom stereocenters. The molecule has 5 heteroatoms. The number of phenolic OH excluding ortho intramolecular Hbond substituents is 1. The molecule has 0 bridgehead atoms. The van der Waals surface area contributed by atoms with Crippen molar-refractivity contribution in [2.24, 2.45) is 5.10 Å². The van der Waals surface area contributed by atoms with Crippen LogP contribution >= 0.6 is 15.9 Å². The Balaban J connectivity index is 2.16. The Labute approximate surface area is 131 Å². The van der Waals surface area contributed by atoms with Crippen molar-refractivity contribution in [3.05, 3.63) is 64.1 Å². The van der Waals surface area contributed by atoms with E-state index < -0.39 is 0 Å². The van der Waals surface area contributed by atoms with Gasteiger partial charge in [-0.05, 0) is 64.3 Å². The van der Waals surface area contributed by atoms with Gasteiger partial charge in [0, 0.05) is 4.47 Å². The van der Waals surface area contributed by atoms with Crippen LogP contribution in [0.1, 0.15) is 29.3 Å². The Kier molecular flexibility index (Phi) is 5.11. The molecule has 4 nitrogen and oxygen atoms in total. The molecule has 0 heterocycles. The summed E-state index contributed by atoms with van der Waals surface area (Å²) in [7, 11) is 0. The maximum absolute atomic E-state index is 12.1. The van der Waals surface area contributed by atoms with Crippen molar-refractivity contribution in [1.29, 1.82) is 0 Å². The van der Waals surface area contributed by atoms with Gasteiger partial charge in [-0.2, -0.15) is 5.10 Å². The Morgan fingerprint density at radius 1 is 1.19 bits per heavy atom. The summed E-state index contributed by atoms with van der Waals surface area (Å²) in [5.41, 5.74) is 4.70. The van der Waals surface area contributed by atoms with E-state index in [1.54, 1.807) is 42.5 Å². The molecule has 0 radical (unpaired) electrons. The van der Waals surface area contributed by atoms with Gasteiger partial charge in [-0.25, -0.2) is 5.43 Å². The molecule has 0 saturated carbocycles. The lowest BCUT2D eigenvalue weighted by Gasteiger charge is -2.06. The number of nitrogens with one attached hydrogen (secondary N) is 1. The number of hydrogen-bond acceptors (Lipinski definition) is 3. The normalized spacial score (nSPS) is 11.2. The quantitative estimate of drug-likeness (QED) is 0.654. The monoisotopic (exact) mass is 346 g/mol. The van der Waals surface area contributed by atoms with Gasteiger partial charge >= 0.3 is 0 Å². The second kappa shape index (κ2) is 7.04. The van der Waals surface area contributed by atoms with Crippen molar-refractivity contribution in [2.75, 3.05) is 0 Å². The van der Waals surface area contributed by atoms with Crippen LogP contribution in [-0.4, -0.2) is 16.7 Å². The van der Waals surface area contributed by atoms with E-state index in [2.05, 4.69) is 26.5 Å². The number of rotatable bonds is 4. The van der Waals surface area contributed by atoms with Crippen molar-refractivity contribution < 1.29 is 9.90 Å². The minimum absolute atomic E-state index is 0.200. The number of hydrogen-bond donors (Lipinski definition) is 2. The molecule has 0 aliphatic heterocycles. The zero-order valence-corrected chi connectivity index (χ0v) is 13.1. The maximum Gasteiger partial charge on any atom is 0.272 e.